The van der Waals surface area contributed by atoms with Crippen LogP contribution in [0.2, 0.25) is 0 Å². The monoisotopic (exact) mass is 540 g/mol. The number of halogens is 1. The molecule has 2 heterocycles. The number of nitrogens with zero attached hydrogens (tertiary/aromatic N) is 4. The number of amides is 1. The Morgan fingerprint density at radius 3 is 2.54 bits per heavy atom. The van der Waals surface area contributed by atoms with Gasteiger partial charge >= 0.3 is 11.7 Å². The minimum atomic E-state index is -0.927. The molecule has 0 saturated carbocycles. The van der Waals surface area contributed by atoms with Gasteiger partial charge in [0.25, 0.3) is 11.5 Å². The fourth-order valence-electron chi connectivity index (χ4n) is 4.49. The Bertz CT molecular complexity index is 1500. The van der Waals surface area contributed by atoms with Gasteiger partial charge in [-0.05, 0) is 49.6 Å². The SMILES string of the molecule is CCOC(=O)[C@@H]1CCCN(C(=O)c2nn(-c3ccc(OC)c(OC)c3)c(=O)n(Cc3cccc(F)c3)c2=O)C1. The van der Waals surface area contributed by atoms with Gasteiger partial charge in [0.2, 0.25) is 5.69 Å². The Balaban J connectivity index is 1.83. The molecule has 0 spiro atoms. The highest BCUT2D eigenvalue weighted by molar-refractivity contribution is 5.92. The van der Waals surface area contributed by atoms with E-state index in [2.05, 4.69) is 5.10 Å². The van der Waals surface area contributed by atoms with Crippen LogP contribution in [0.15, 0.2) is 52.1 Å². The molecule has 3 aromatic rings. The summed E-state index contributed by atoms with van der Waals surface area (Å²) in [7, 11) is 2.88. The van der Waals surface area contributed by atoms with Gasteiger partial charge in [-0.15, -0.1) is 0 Å². The van der Waals surface area contributed by atoms with Crippen LogP contribution < -0.4 is 20.7 Å². The molecule has 0 bridgehead atoms. The van der Waals surface area contributed by atoms with Crippen molar-refractivity contribution in [3.8, 4) is 17.2 Å². The molecule has 0 N–H and O–H groups in total. The number of aromatic nitrogens is 3. The highest BCUT2D eigenvalue weighted by Crippen LogP contribution is 2.28. The van der Waals surface area contributed by atoms with E-state index in [1.165, 1.54) is 49.5 Å². The summed E-state index contributed by atoms with van der Waals surface area (Å²) in [6.07, 6.45) is 1.08. The second kappa shape index (κ2) is 11.9. The van der Waals surface area contributed by atoms with Crippen molar-refractivity contribution in [3.05, 3.63) is 80.4 Å². The van der Waals surface area contributed by atoms with Crippen LogP contribution in [0.3, 0.4) is 0 Å². The Labute approximate surface area is 223 Å². The highest BCUT2D eigenvalue weighted by atomic mass is 19.1. The van der Waals surface area contributed by atoms with Crippen LogP contribution in [0.1, 0.15) is 35.8 Å². The molecular formula is C27H29FN4O7. The summed E-state index contributed by atoms with van der Waals surface area (Å²) in [5.74, 6) is -1.51. The minimum absolute atomic E-state index is 0.0537. The van der Waals surface area contributed by atoms with Gasteiger partial charge in [0.1, 0.15) is 5.82 Å². The molecule has 39 heavy (non-hydrogen) atoms. The van der Waals surface area contributed by atoms with E-state index in [-0.39, 0.29) is 25.4 Å². The summed E-state index contributed by atoms with van der Waals surface area (Å²) >= 11 is 0. The fourth-order valence-corrected chi connectivity index (χ4v) is 4.49. The molecule has 1 aliphatic rings. The van der Waals surface area contributed by atoms with Crippen LogP contribution in [0, 0.1) is 11.7 Å². The molecule has 1 saturated heterocycles. The largest absolute Gasteiger partial charge is 0.493 e. The lowest BCUT2D eigenvalue weighted by molar-refractivity contribution is -0.149. The quantitative estimate of drug-likeness (QED) is 0.398. The zero-order valence-corrected chi connectivity index (χ0v) is 21.9. The van der Waals surface area contributed by atoms with E-state index in [0.717, 1.165) is 9.25 Å². The fraction of sp³-hybridized carbons (Fsp3) is 0.370. The van der Waals surface area contributed by atoms with Gasteiger partial charge < -0.3 is 19.1 Å². The lowest BCUT2D eigenvalue weighted by Gasteiger charge is -2.31. The van der Waals surface area contributed by atoms with E-state index < -0.39 is 40.6 Å². The van der Waals surface area contributed by atoms with E-state index >= 15 is 0 Å². The number of methoxy groups -OCH3 is 2. The third-order valence-corrected chi connectivity index (χ3v) is 6.43. The highest BCUT2D eigenvalue weighted by Gasteiger charge is 2.32. The zero-order valence-electron chi connectivity index (χ0n) is 21.9. The molecule has 12 heteroatoms. The normalized spacial score (nSPS) is 15.1. The first-order valence-electron chi connectivity index (χ1n) is 12.4. The number of hydrogen-bond acceptors (Lipinski definition) is 8. The summed E-state index contributed by atoms with van der Waals surface area (Å²) in [4.78, 5) is 54.3. The summed E-state index contributed by atoms with van der Waals surface area (Å²) < 4.78 is 31.3. The first kappa shape index (κ1) is 27.6. The zero-order chi connectivity index (χ0) is 28.1. The minimum Gasteiger partial charge on any atom is -0.493 e. The van der Waals surface area contributed by atoms with Crippen LogP contribution in [0.4, 0.5) is 4.39 Å². The summed E-state index contributed by atoms with van der Waals surface area (Å²) in [6, 6.07) is 10.0. The number of piperidine rings is 1. The molecule has 0 aliphatic carbocycles. The number of likely N-dealkylation sites (tertiary alicyclic amines) is 1. The van der Waals surface area contributed by atoms with Crippen molar-refractivity contribution >= 4 is 11.9 Å². The van der Waals surface area contributed by atoms with Crippen LogP contribution in [0.25, 0.3) is 5.69 Å². The second-order valence-electron chi connectivity index (χ2n) is 8.95. The van der Waals surface area contributed by atoms with Gasteiger partial charge in [0.15, 0.2) is 11.5 Å². The Morgan fingerprint density at radius 2 is 1.85 bits per heavy atom. The van der Waals surface area contributed by atoms with Gasteiger partial charge in [-0.3, -0.25) is 19.0 Å². The summed E-state index contributed by atoms with van der Waals surface area (Å²) in [5.41, 5.74) is -1.72. The van der Waals surface area contributed by atoms with Gasteiger partial charge in [0, 0.05) is 19.2 Å². The number of carbonyl (C=O) groups excluding carboxylic acids is 2. The molecule has 1 aromatic heterocycles. The van der Waals surface area contributed by atoms with Crippen LogP contribution >= 0.6 is 0 Å². The molecule has 206 valence electrons. The van der Waals surface area contributed by atoms with Crippen molar-refractivity contribution in [3.63, 3.8) is 0 Å². The van der Waals surface area contributed by atoms with Crippen molar-refractivity contribution < 1.29 is 28.2 Å². The number of benzene rings is 2. The van der Waals surface area contributed by atoms with E-state index in [0.29, 0.717) is 36.4 Å². The predicted molar refractivity (Wildman–Crippen MR) is 138 cm³/mol. The molecule has 2 aromatic carbocycles. The molecule has 1 amide bonds. The van der Waals surface area contributed by atoms with Crippen molar-refractivity contribution in [1.82, 2.24) is 19.2 Å². The van der Waals surface area contributed by atoms with E-state index in [4.69, 9.17) is 14.2 Å². The number of hydrogen-bond donors (Lipinski definition) is 0. The number of ether oxygens (including phenoxy) is 3. The smallest absolute Gasteiger partial charge is 0.352 e. The average Bonchev–Trinajstić information content (AvgIpc) is 2.95. The van der Waals surface area contributed by atoms with E-state index in [9.17, 15) is 23.6 Å². The first-order valence-corrected chi connectivity index (χ1v) is 12.4. The number of carbonyl (C=O) groups is 2. The number of rotatable bonds is 8. The maximum atomic E-state index is 13.9. The van der Waals surface area contributed by atoms with Crippen LogP contribution in [0.5, 0.6) is 11.5 Å². The Kier molecular flexibility index (Phi) is 8.43. The number of esters is 1. The molecule has 0 unspecified atom stereocenters. The second-order valence-corrected chi connectivity index (χ2v) is 8.95. The van der Waals surface area contributed by atoms with Crippen LogP contribution in [-0.4, -0.2) is 65.0 Å². The lowest BCUT2D eigenvalue weighted by atomic mass is 9.98. The van der Waals surface area contributed by atoms with Crippen LogP contribution in [-0.2, 0) is 16.1 Å². The Morgan fingerprint density at radius 1 is 1.08 bits per heavy atom. The molecule has 11 nitrogen and oxygen atoms in total. The summed E-state index contributed by atoms with van der Waals surface area (Å²) in [6.45, 7) is 1.97. The third kappa shape index (κ3) is 5.84. The molecule has 0 radical (unpaired) electrons. The van der Waals surface area contributed by atoms with Crippen molar-refractivity contribution in [2.24, 2.45) is 5.92 Å². The van der Waals surface area contributed by atoms with Gasteiger partial charge in [-0.1, -0.05) is 12.1 Å². The van der Waals surface area contributed by atoms with Crippen molar-refractivity contribution in [2.75, 3.05) is 33.9 Å². The van der Waals surface area contributed by atoms with E-state index in [1.54, 1.807) is 19.1 Å². The molecular weight excluding hydrogens is 511 g/mol. The van der Waals surface area contributed by atoms with Gasteiger partial charge in [-0.25, -0.2) is 9.18 Å². The van der Waals surface area contributed by atoms with Gasteiger partial charge in [0.05, 0.1) is 39.0 Å². The Hall–Kier alpha value is -4.48. The first-order chi connectivity index (χ1) is 18.8. The van der Waals surface area contributed by atoms with Crippen molar-refractivity contribution in [1.29, 1.82) is 0 Å². The topological polar surface area (TPSA) is 122 Å². The molecule has 1 aliphatic heterocycles. The lowest BCUT2D eigenvalue weighted by Crippen LogP contribution is -2.49. The molecule has 4 rings (SSSR count). The predicted octanol–water partition coefficient (Wildman–Crippen LogP) is 2.01. The molecule has 1 fully saturated rings. The third-order valence-electron chi connectivity index (χ3n) is 6.43. The average molecular weight is 541 g/mol. The standard InChI is InChI=1S/C27H29FN4O7/c1-4-39-26(35)18-8-6-12-30(16-18)24(33)23-25(34)31(15-17-7-5-9-19(28)13-17)27(36)32(29-23)20-10-11-21(37-2)22(14-20)38-3/h5,7,9-11,13-14,18H,4,6,8,12,15-16H2,1-3H3/t18-/m1/s1. The molecule has 1 atom stereocenters. The maximum Gasteiger partial charge on any atom is 0.352 e. The van der Waals surface area contributed by atoms with Crippen molar-refractivity contribution in [2.45, 2.75) is 26.3 Å². The summed E-state index contributed by atoms with van der Waals surface area (Å²) in [5, 5.41) is 4.17. The van der Waals surface area contributed by atoms with E-state index in [1.807, 2.05) is 0 Å². The van der Waals surface area contributed by atoms with Gasteiger partial charge in [-0.2, -0.15) is 9.78 Å². The maximum absolute atomic E-state index is 13.9.